The van der Waals surface area contributed by atoms with Crippen molar-refractivity contribution in [2.24, 2.45) is 0 Å². The molecule has 11 aromatic rings. The predicted octanol–water partition coefficient (Wildman–Crippen LogP) is 16.0. The summed E-state index contributed by atoms with van der Waals surface area (Å²) in [5.74, 6) is 0. The summed E-state index contributed by atoms with van der Waals surface area (Å²) in [6.45, 7) is 0. The number of hydrogen-bond acceptors (Lipinski definition) is 2. The Morgan fingerprint density at radius 1 is 0.293 bits per heavy atom. The van der Waals surface area contributed by atoms with Crippen molar-refractivity contribution in [1.82, 2.24) is 0 Å². The van der Waals surface area contributed by atoms with Gasteiger partial charge < -0.3 is 9.32 Å². The molecule has 0 atom stereocenters. The average Bonchev–Trinajstić information content (AvgIpc) is 3.69. The van der Waals surface area contributed by atoms with Crippen molar-refractivity contribution in [1.29, 1.82) is 0 Å². The number of hydrogen-bond donors (Lipinski definition) is 0. The molecule has 1 heterocycles. The summed E-state index contributed by atoms with van der Waals surface area (Å²) in [7, 11) is 0. The van der Waals surface area contributed by atoms with Crippen LogP contribution in [0.15, 0.2) is 229 Å². The molecule has 0 unspecified atom stereocenters. The van der Waals surface area contributed by atoms with E-state index in [1.165, 1.54) is 43.8 Å². The van der Waals surface area contributed by atoms with Gasteiger partial charge in [0.05, 0.1) is 11.4 Å². The van der Waals surface area contributed by atoms with Gasteiger partial charge in [0.15, 0.2) is 0 Å². The van der Waals surface area contributed by atoms with E-state index in [9.17, 15) is 0 Å². The van der Waals surface area contributed by atoms with Crippen LogP contribution in [0.25, 0.3) is 88.0 Å². The number of fused-ring (bicyclic) bond motifs is 6. The van der Waals surface area contributed by atoms with E-state index in [4.69, 9.17) is 4.42 Å². The molecule has 0 aliphatic heterocycles. The molecule has 2 nitrogen and oxygen atoms in total. The van der Waals surface area contributed by atoms with Crippen molar-refractivity contribution >= 4 is 60.5 Å². The first-order valence-corrected chi connectivity index (χ1v) is 19.8. The van der Waals surface area contributed by atoms with Crippen LogP contribution in [-0.4, -0.2) is 0 Å². The fraction of sp³-hybridized carbons (Fsp3) is 0. The minimum Gasteiger partial charge on any atom is -0.455 e. The van der Waals surface area contributed by atoms with Crippen LogP contribution >= 0.6 is 0 Å². The molecule has 0 aliphatic carbocycles. The van der Waals surface area contributed by atoms with Crippen molar-refractivity contribution < 1.29 is 4.42 Å². The van der Waals surface area contributed by atoms with Gasteiger partial charge in [-0.3, -0.25) is 0 Å². The van der Waals surface area contributed by atoms with Crippen LogP contribution in [0.1, 0.15) is 0 Å². The second kappa shape index (κ2) is 14.1. The summed E-state index contributed by atoms with van der Waals surface area (Å²) in [5, 5.41) is 7.14. The highest BCUT2D eigenvalue weighted by molar-refractivity contribution is 6.12. The first kappa shape index (κ1) is 33.6. The Kier molecular flexibility index (Phi) is 8.19. The molecule has 0 spiro atoms. The number of rotatable bonds is 7. The second-order valence-corrected chi connectivity index (χ2v) is 14.8. The van der Waals surface area contributed by atoms with E-state index >= 15 is 0 Å². The third-order valence-corrected chi connectivity index (χ3v) is 11.5. The Bertz CT molecular complexity index is 3300. The molecule has 0 radical (unpaired) electrons. The zero-order valence-electron chi connectivity index (χ0n) is 31.7. The molecule has 0 saturated carbocycles. The molecule has 58 heavy (non-hydrogen) atoms. The highest BCUT2D eigenvalue weighted by Gasteiger charge is 2.24. The minimum absolute atomic E-state index is 0.886. The minimum atomic E-state index is 0.886. The van der Waals surface area contributed by atoms with E-state index in [2.05, 4.69) is 223 Å². The van der Waals surface area contributed by atoms with Crippen molar-refractivity contribution in [3.8, 4) is 44.5 Å². The van der Waals surface area contributed by atoms with E-state index in [-0.39, 0.29) is 0 Å². The molecule has 0 fully saturated rings. The van der Waals surface area contributed by atoms with Crippen LogP contribution in [0.2, 0.25) is 0 Å². The maximum atomic E-state index is 6.67. The largest absolute Gasteiger partial charge is 0.455 e. The lowest BCUT2D eigenvalue weighted by Crippen LogP contribution is -2.12. The SMILES string of the molecule is c1ccc(-c2ccccc2-c2ccccc2-c2ccccc2N(c2ccc3c(ccc4ccccc43)c2)c2ccccc2-c2cccc3c2oc2ccccc23)cc1. The number of nitrogens with zero attached hydrogens (tertiary/aromatic N) is 1. The van der Waals surface area contributed by atoms with Crippen LogP contribution in [0, 0.1) is 0 Å². The van der Waals surface area contributed by atoms with Gasteiger partial charge in [0.1, 0.15) is 11.2 Å². The lowest BCUT2D eigenvalue weighted by Gasteiger charge is -2.30. The van der Waals surface area contributed by atoms with E-state index in [0.29, 0.717) is 0 Å². The van der Waals surface area contributed by atoms with Crippen LogP contribution in [-0.2, 0) is 0 Å². The second-order valence-electron chi connectivity index (χ2n) is 14.8. The molecule has 1 aromatic heterocycles. The van der Waals surface area contributed by atoms with Crippen LogP contribution in [0.5, 0.6) is 0 Å². The zero-order chi connectivity index (χ0) is 38.4. The first-order valence-electron chi connectivity index (χ1n) is 19.8. The van der Waals surface area contributed by atoms with Gasteiger partial charge in [-0.2, -0.15) is 0 Å². The molecular weight excluding hydrogens is 703 g/mol. The number of benzene rings is 10. The summed E-state index contributed by atoms with van der Waals surface area (Å²) in [5.41, 5.74) is 14.2. The summed E-state index contributed by atoms with van der Waals surface area (Å²) in [6, 6.07) is 80.7. The topological polar surface area (TPSA) is 16.4 Å². The average molecular weight is 740 g/mol. The molecule has 10 aromatic carbocycles. The maximum Gasteiger partial charge on any atom is 0.143 e. The van der Waals surface area contributed by atoms with Crippen molar-refractivity contribution in [2.75, 3.05) is 4.90 Å². The summed E-state index contributed by atoms with van der Waals surface area (Å²) in [6.07, 6.45) is 0. The van der Waals surface area contributed by atoms with Gasteiger partial charge in [-0.15, -0.1) is 0 Å². The lowest BCUT2D eigenvalue weighted by atomic mass is 9.88. The fourth-order valence-electron chi connectivity index (χ4n) is 8.84. The Balaban J connectivity index is 1.17. The Labute approximate surface area is 337 Å². The zero-order valence-corrected chi connectivity index (χ0v) is 31.7. The highest BCUT2D eigenvalue weighted by Crippen LogP contribution is 2.49. The van der Waals surface area contributed by atoms with E-state index in [1.807, 2.05) is 6.07 Å². The Hall–Kier alpha value is -7.68. The summed E-state index contributed by atoms with van der Waals surface area (Å²) in [4.78, 5) is 2.45. The highest BCUT2D eigenvalue weighted by atomic mass is 16.3. The number of anilines is 3. The molecule has 0 amide bonds. The smallest absolute Gasteiger partial charge is 0.143 e. The van der Waals surface area contributed by atoms with Gasteiger partial charge in [0.2, 0.25) is 0 Å². The summed E-state index contributed by atoms with van der Waals surface area (Å²) >= 11 is 0. The Morgan fingerprint density at radius 3 is 1.55 bits per heavy atom. The molecule has 272 valence electrons. The lowest BCUT2D eigenvalue weighted by molar-refractivity contribution is 0.670. The molecule has 11 rings (SSSR count). The van der Waals surface area contributed by atoms with Crippen LogP contribution in [0.4, 0.5) is 17.1 Å². The van der Waals surface area contributed by atoms with Crippen molar-refractivity contribution in [2.45, 2.75) is 0 Å². The van der Waals surface area contributed by atoms with Gasteiger partial charge in [-0.05, 0) is 79.7 Å². The van der Waals surface area contributed by atoms with E-state index < -0.39 is 0 Å². The normalized spacial score (nSPS) is 11.4. The van der Waals surface area contributed by atoms with Crippen molar-refractivity contribution in [3.63, 3.8) is 0 Å². The standard InChI is InChI=1S/C56H37NO/c1-2-17-38(18-3-1)43-21-6-7-22-45(43)46-23-8-9-24-47(46)48-25-10-13-30-53(48)57(41-35-36-44-40(37-41)34-33-39-19-4-5-20-42(39)44)54-31-14-11-26-49(54)51-28-16-29-52-50-27-12-15-32-55(50)58-56(51)52/h1-37H. The number of furan rings is 1. The van der Waals surface area contributed by atoms with Gasteiger partial charge >= 0.3 is 0 Å². The van der Waals surface area contributed by atoms with Crippen molar-refractivity contribution in [3.05, 3.63) is 224 Å². The van der Waals surface area contributed by atoms with E-state index in [1.54, 1.807) is 0 Å². The van der Waals surface area contributed by atoms with Gasteiger partial charge in [-0.1, -0.05) is 194 Å². The molecule has 0 aliphatic rings. The third-order valence-electron chi connectivity index (χ3n) is 11.5. The summed E-state index contributed by atoms with van der Waals surface area (Å²) < 4.78 is 6.67. The van der Waals surface area contributed by atoms with Gasteiger partial charge in [0.25, 0.3) is 0 Å². The molecule has 0 saturated heterocycles. The molecule has 0 bridgehead atoms. The fourth-order valence-corrected chi connectivity index (χ4v) is 8.84. The molecular formula is C56H37NO. The van der Waals surface area contributed by atoms with Crippen LogP contribution < -0.4 is 4.90 Å². The van der Waals surface area contributed by atoms with E-state index in [0.717, 1.165) is 61.3 Å². The number of para-hydroxylation sites is 4. The third kappa shape index (κ3) is 5.66. The monoisotopic (exact) mass is 739 g/mol. The van der Waals surface area contributed by atoms with Gasteiger partial charge in [0, 0.05) is 33.2 Å². The molecule has 2 heteroatoms. The van der Waals surface area contributed by atoms with Gasteiger partial charge in [-0.25, -0.2) is 0 Å². The molecule has 0 N–H and O–H groups in total. The Morgan fingerprint density at radius 2 is 0.793 bits per heavy atom. The maximum absolute atomic E-state index is 6.67. The quantitative estimate of drug-likeness (QED) is 0.151. The predicted molar refractivity (Wildman–Crippen MR) is 245 cm³/mol. The first-order chi connectivity index (χ1) is 28.8. The van der Waals surface area contributed by atoms with Crippen LogP contribution in [0.3, 0.4) is 0 Å².